The SMILES string of the molecule is Cc1cc(C)c2c(oc3ncccc32)c1-c1cc(C(C)C)ccn1. The lowest BCUT2D eigenvalue weighted by atomic mass is 9.95. The lowest BCUT2D eigenvalue weighted by Crippen LogP contribution is -1.93. The Labute approximate surface area is 141 Å². The van der Waals surface area contributed by atoms with E-state index < -0.39 is 0 Å². The molecule has 0 amide bonds. The number of rotatable bonds is 2. The van der Waals surface area contributed by atoms with E-state index in [1.165, 1.54) is 16.7 Å². The normalized spacial score (nSPS) is 11.7. The monoisotopic (exact) mass is 316 g/mol. The van der Waals surface area contributed by atoms with Gasteiger partial charge in [0.05, 0.1) is 5.69 Å². The van der Waals surface area contributed by atoms with Gasteiger partial charge in [0, 0.05) is 28.7 Å². The second-order valence-corrected chi connectivity index (χ2v) is 6.68. The van der Waals surface area contributed by atoms with Gasteiger partial charge < -0.3 is 4.42 Å². The summed E-state index contributed by atoms with van der Waals surface area (Å²) >= 11 is 0. The highest BCUT2D eigenvalue weighted by molar-refractivity contribution is 6.10. The first-order valence-corrected chi connectivity index (χ1v) is 8.30. The molecule has 120 valence electrons. The Bertz CT molecular complexity index is 1060. The van der Waals surface area contributed by atoms with Crippen LogP contribution in [-0.2, 0) is 0 Å². The van der Waals surface area contributed by atoms with Crippen LogP contribution in [0.4, 0.5) is 0 Å². The van der Waals surface area contributed by atoms with Gasteiger partial charge >= 0.3 is 0 Å². The third kappa shape index (κ3) is 2.20. The Hall–Kier alpha value is -2.68. The summed E-state index contributed by atoms with van der Waals surface area (Å²) in [6, 6.07) is 10.5. The molecule has 0 saturated heterocycles. The molecular weight excluding hydrogens is 296 g/mol. The van der Waals surface area contributed by atoms with Gasteiger partial charge in [0.2, 0.25) is 5.71 Å². The second-order valence-electron chi connectivity index (χ2n) is 6.68. The number of benzene rings is 1. The fraction of sp³-hybridized carbons (Fsp3) is 0.238. The van der Waals surface area contributed by atoms with Crippen molar-refractivity contribution in [3.05, 3.63) is 59.4 Å². The molecule has 0 aliphatic rings. The Kier molecular flexibility index (Phi) is 3.38. The molecule has 0 radical (unpaired) electrons. The molecule has 3 heterocycles. The zero-order chi connectivity index (χ0) is 16.8. The molecule has 4 rings (SSSR count). The zero-order valence-corrected chi connectivity index (χ0v) is 14.4. The van der Waals surface area contributed by atoms with Gasteiger partial charge in [-0.2, -0.15) is 0 Å². The van der Waals surface area contributed by atoms with Gasteiger partial charge in [-0.1, -0.05) is 19.9 Å². The first-order chi connectivity index (χ1) is 11.6. The van der Waals surface area contributed by atoms with E-state index in [1.54, 1.807) is 6.20 Å². The minimum Gasteiger partial charge on any atom is -0.437 e. The number of hydrogen-bond donors (Lipinski definition) is 0. The van der Waals surface area contributed by atoms with Crippen LogP contribution in [0.2, 0.25) is 0 Å². The molecule has 3 nitrogen and oxygen atoms in total. The summed E-state index contributed by atoms with van der Waals surface area (Å²) in [7, 11) is 0. The summed E-state index contributed by atoms with van der Waals surface area (Å²) in [6.07, 6.45) is 3.65. The molecule has 0 aliphatic carbocycles. The minimum absolute atomic E-state index is 0.463. The maximum Gasteiger partial charge on any atom is 0.227 e. The lowest BCUT2D eigenvalue weighted by Gasteiger charge is -2.11. The van der Waals surface area contributed by atoms with E-state index in [0.717, 1.165) is 27.6 Å². The zero-order valence-electron chi connectivity index (χ0n) is 14.4. The van der Waals surface area contributed by atoms with Gasteiger partial charge in [0.15, 0.2) is 0 Å². The average Bonchev–Trinajstić information content (AvgIpc) is 2.94. The molecule has 3 aromatic heterocycles. The highest BCUT2D eigenvalue weighted by atomic mass is 16.3. The standard InChI is InChI=1S/C21H20N2O/c1-12(2)15-7-9-22-17(11-15)19-14(4)10-13(3)18-16-6-5-8-23-21(16)24-20(18)19/h5-12H,1-4H3. The van der Waals surface area contributed by atoms with Crippen LogP contribution in [0.1, 0.15) is 36.5 Å². The summed E-state index contributed by atoms with van der Waals surface area (Å²) in [5.74, 6) is 0.463. The van der Waals surface area contributed by atoms with Crippen LogP contribution in [-0.4, -0.2) is 9.97 Å². The summed E-state index contributed by atoms with van der Waals surface area (Å²) in [4.78, 5) is 9.01. The van der Waals surface area contributed by atoms with Gasteiger partial charge in [-0.15, -0.1) is 0 Å². The second kappa shape index (κ2) is 5.45. The first-order valence-electron chi connectivity index (χ1n) is 8.30. The molecule has 24 heavy (non-hydrogen) atoms. The summed E-state index contributed by atoms with van der Waals surface area (Å²) in [5, 5.41) is 2.20. The molecule has 0 atom stereocenters. The molecule has 0 bridgehead atoms. The van der Waals surface area contributed by atoms with Crippen molar-refractivity contribution in [1.29, 1.82) is 0 Å². The summed E-state index contributed by atoms with van der Waals surface area (Å²) in [5.41, 5.74) is 7.25. The van der Waals surface area contributed by atoms with E-state index in [0.29, 0.717) is 11.6 Å². The van der Waals surface area contributed by atoms with Crippen molar-refractivity contribution in [1.82, 2.24) is 9.97 Å². The Morgan fingerprint density at radius 3 is 2.58 bits per heavy atom. The number of nitrogens with zero attached hydrogens (tertiary/aromatic N) is 2. The van der Waals surface area contributed by atoms with Crippen LogP contribution >= 0.6 is 0 Å². The Balaban J connectivity index is 2.10. The molecule has 4 aromatic rings. The predicted octanol–water partition coefficient (Wildman–Crippen LogP) is 5.78. The molecule has 3 heteroatoms. The fourth-order valence-electron chi connectivity index (χ4n) is 3.41. The molecule has 0 unspecified atom stereocenters. The van der Waals surface area contributed by atoms with Gasteiger partial charge in [0.1, 0.15) is 5.58 Å². The van der Waals surface area contributed by atoms with Crippen molar-refractivity contribution in [3.63, 3.8) is 0 Å². The Morgan fingerprint density at radius 2 is 1.79 bits per heavy atom. The molecular formula is C21H20N2O. The van der Waals surface area contributed by atoms with Crippen molar-refractivity contribution >= 4 is 22.1 Å². The maximum atomic E-state index is 6.15. The lowest BCUT2D eigenvalue weighted by molar-refractivity contribution is 0.654. The highest BCUT2D eigenvalue weighted by Gasteiger charge is 2.18. The van der Waals surface area contributed by atoms with Crippen molar-refractivity contribution in [2.75, 3.05) is 0 Å². The van der Waals surface area contributed by atoms with Crippen LogP contribution in [0.5, 0.6) is 0 Å². The van der Waals surface area contributed by atoms with Gasteiger partial charge in [-0.3, -0.25) is 4.98 Å². The van der Waals surface area contributed by atoms with E-state index in [9.17, 15) is 0 Å². The number of pyridine rings is 2. The molecule has 1 aromatic carbocycles. The number of aryl methyl sites for hydroxylation is 2. The van der Waals surface area contributed by atoms with Crippen molar-refractivity contribution in [2.24, 2.45) is 0 Å². The van der Waals surface area contributed by atoms with Crippen LogP contribution in [0, 0.1) is 13.8 Å². The molecule has 0 spiro atoms. The van der Waals surface area contributed by atoms with Crippen molar-refractivity contribution in [3.8, 4) is 11.3 Å². The smallest absolute Gasteiger partial charge is 0.227 e. The largest absolute Gasteiger partial charge is 0.437 e. The predicted molar refractivity (Wildman–Crippen MR) is 98.3 cm³/mol. The average molecular weight is 316 g/mol. The van der Waals surface area contributed by atoms with E-state index in [-0.39, 0.29) is 0 Å². The van der Waals surface area contributed by atoms with Crippen LogP contribution in [0.15, 0.2) is 47.1 Å². The fourth-order valence-corrected chi connectivity index (χ4v) is 3.41. The number of furan rings is 1. The highest BCUT2D eigenvalue weighted by Crippen LogP contribution is 2.39. The van der Waals surface area contributed by atoms with Crippen molar-refractivity contribution < 1.29 is 4.42 Å². The number of hydrogen-bond acceptors (Lipinski definition) is 3. The van der Waals surface area contributed by atoms with Gasteiger partial charge in [0.25, 0.3) is 0 Å². The van der Waals surface area contributed by atoms with E-state index in [2.05, 4.69) is 61.9 Å². The van der Waals surface area contributed by atoms with Crippen LogP contribution in [0.3, 0.4) is 0 Å². The van der Waals surface area contributed by atoms with E-state index >= 15 is 0 Å². The maximum absolute atomic E-state index is 6.15. The molecule has 0 N–H and O–H groups in total. The third-order valence-electron chi connectivity index (χ3n) is 4.62. The molecule has 0 fully saturated rings. The van der Waals surface area contributed by atoms with Crippen LogP contribution in [0.25, 0.3) is 33.3 Å². The third-order valence-corrected chi connectivity index (χ3v) is 4.62. The first kappa shape index (κ1) is 14.9. The Morgan fingerprint density at radius 1 is 0.958 bits per heavy atom. The summed E-state index contributed by atoms with van der Waals surface area (Å²) < 4.78 is 6.15. The number of aromatic nitrogens is 2. The van der Waals surface area contributed by atoms with Gasteiger partial charge in [-0.25, -0.2) is 4.98 Å². The molecule has 0 saturated carbocycles. The van der Waals surface area contributed by atoms with Gasteiger partial charge in [-0.05, 0) is 60.7 Å². The van der Waals surface area contributed by atoms with Crippen LogP contribution < -0.4 is 0 Å². The summed E-state index contributed by atoms with van der Waals surface area (Å²) in [6.45, 7) is 8.63. The topological polar surface area (TPSA) is 38.9 Å². The number of fused-ring (bicyclic) bond motifs is 3. The molecule has 0 aliphatic heterocycles. The minimum atomic E-state index is 0.463. The van der Waals surface area contributed by atoms with Crippen molar-refractivity contribution in [2.45, 2.75) is 33.6 Å². The quantitative estimate of drug-likeness (QED) is 0.470. The van der Waals surface area contributed by atoms with E-state index in [1.807, 2.05) is 12.3 Å². The van der Waals surface area contributed by atoms with E-state index in [4.69, 9.17) is 4.42 Å².